The molecule has 3 atom stereocenters. The second-order valence-corrected chi connectivity index (χ2v) is 8.27. The van der Waals surface area contributed by atoms with Crippen molar-refractivity contribution in [3.8, 4) is 0 Å². The van der Waals surface area contributed by atoms with E-state index in [1.165, 1.54) is 4.90 Å². The zero-order valence-corrected chi connectivity index (χ0v) is 15.9. The maximum Gasteiger partial charge on any atom is 0.324 e. The highest BCUT2D eigenvalue weighted by atomic mass is 32.2. The minimum Gasteiger partial charge on any atom is -0.357 e. The van der Waals surface area contributed by atoms with Crippen molar-refractivity contribution in [2.45, 2.75) is 50.8 Å². The number of imide groups is 1. The Morgan fingerprint density at radius 2 is 2.16 bits per heavy atom. The largest absolute Gasteiger partial charge is 0.357 e. The molecular weight excluding hydrogens is 342 g/mol. The lowest BCUT2D eigenvalue weighted by molar-refractivity contribution is -0.124. The standard InChI is InChI=1S/C16H29N5O3S/c1-3-17-15(18-8-9-21-14(22)11-19-16(21)23)20-12-6-5-7-13(10-12)25(24)4-2/h12-13H,3-11H2,1-2H3,(H,19,23)(H2,17,18,20). The van der Waals surface area contributed by atoms with Crippen LogP contribution >= 0.6 is 0 Å². The van der Waals surface area contributed by atoms with E-state index in [1.54, 1.807) is 0 Å². The summed E-state index contributed by atoms with van der Waals surface area (Å²) in [7, 11) is -0.757. The van der Waals surface area contributed by atoms with Gasteiger partial charge in [0.1, 0.15) is 0 Å². The van der Waals surface area contributed by atoms with Crippen LogP contribution in [0.5, 0.6) is 0 Å². The summed E-state index contributed by atoms with van der Waals surface area (Å²) in [4.78, 5) is 28.7. The number of hydrogen-bond acceptors (Lipinski definition) is 4. The molecule has 0 aromatic rings. The summed E-state index contributed by atoms with van der Waals surface area (Å²) in [5.41, 5.74) is 0. The van der Waals surface area contributed by atoms with Gasteiger partial charge in [-0.25, -0.2) is 4.79 Å². The number of urea groups is 1. The van der Waals surface area contributed by atoms with E-state index >= 15 is 0 Å². The van der Waals surface area contributed by atoms with E-state index in [9.17, 15) is 13.8 Å². The molecule has 9 heteroatoms. The molecule has 1 saturated heterocycles. The molecule has 2 rings (SSSR count). The number of rotatable bonds is 7. The topological polar surface area (TPSA) is 103 Å². The van der Waals surface area contributed by atoms with Crippen LogP contribution in [0.15, 0.2) is 4.99 Å². The van der Waals surface area contributed by atoms with E-state index in [-0.39, 0.29) is 36.3 Å². The van der Waals surface area contributed by atoms with Gasteiger partial charge in [-0.2, -0.15) is 0 Å². The first-order valence-electron chi connectivity index (χ1n) is 9.05. The van der Waals surface area contributed by atoms with E-state index in [0.29, 0.717) is 18.3 Å². The van der Waals surface area contributed by atoms with Gasteiger partial charge in [-0.3, -0.25) is 18.9 Å². The summed E-state index contributed by atoms with van der Waals surface area (Å²) >= 11 is 0. The highest BCUT2D eigenvalue weighted by Crippen LogP contribution is 2.22. The molecule has 0 aromatic carbocycles. The third-order valence-electron chi connectivity index (χ3n) is 4.50. The molecule has 3 N–H and O–H groups in total. The maximum absolute atomic E-state index is 12.1. The van der Waals surface area contributed by atoms with Gasteiger partial charge in [-0.05, 0) is 26.2 Å². The van der Waals surface area contributed by atoms with Crippen molar-refractivity contribution in [2.75, 3.05) is 31.9 Å². The molecule has 3 amide bonds. The third kappa shape index (κ3) is 5.69. The van der Waals surface area contributed by atoms with E-state index in [2.05, 4.69) is 20.9 Å². The normalized spacial score (nSPS) is 25.7. The molecule has 142 valence electrons. The first-order chi connectivity index (χ1) is 12.0. The van der Waals surface area contributed by atoms with Crippen molar-refractivity contribution in [3.63, 3.8) is 0 Å². The summed E-state index contributed by atoms with van der Waals surface area (Å²) in [6.07, 6.45) is 4.02. The van der Waals surface area contributed by atoms with Gasteiger partial charge in [-0.15, -0.1) is 0 Å². The molecule has 25 heavy (non-hydrogen) atoms. The Bertz CT molecular complexity index is 524. The van der Waals surface area contributed by atoms with E-state index in [1.807, 2.05) is 13.8 Å². The molecular formula is C16H29N5O3S. The monoisotopic (exact) mass is 371 g/mol. The smallest absolute Gasteiger partial charge is 0.324 e. The lowest BCUT2D eigenvalue weighted by Gasteiger charge is -2.30. The Morgan fingerprint density at radius 3 is 2.80 bits per heavy atom. The van der Waals surface area contributed by atoms with Crippen LogP contribution in [0.1, 0.15) is 39.5 Å². The number of carbonyl (C=O) groups excluding carboxylic acids is 2. The van der Waals surface area contributed by atoms with E-state index < -0.39 is 10.8 Å². The predicted octanol–water partition coefficient (Wildman–Crippen LogP) is 0.173. The number of aliphatic imine (C=N–C) groups is 1. The van der Waals surface area contributed by atoms with Crippen molar-refractivity contribution in [2.24, 2.45) is 4.99 Å². The molecule has 2 aliphatic rings. The summed E-state index contributed by atoms with van der Waals surface area (Å²) in [6.45, 7) is 5.38. The first kappa shape index (κ1) is 19.7. The molecule has 1 heterocycles. The molecule has 0 spiro atoms. The minimum absolute atomic E-state index is 0.0683. The number of nitrogens with zero attached hydrogens (tertiary/aromatic N) is 2. The highest BCUT2D eigenvalue weighted by Gasteiger charge is 2.28. The fraction of sp³-hybridized carbons (Fsp3) is 0.812. The zero-order valence-electron chi connectivity index (χ0n) is 15.0. The number of carbonyl (C=O) groups is 2. The Balaban J connectivity index is 1.87. The van der Waals surface area contributed by atoms with Gasteiger partial charge in [0, 0.05) is 34.4 Å². The molecule has 1 aliphatic heterocycles. The predicted molar refractivity (Wildman–Crippen MR) is 99.0 cm³/mol. The first-order valence-corrected chi connectivity index (χ1v) is 10.4. The molecule has 1 aliphatic carbocycles. The van der Waals surface area contributed by atoms with Crippen LogP contribution in [0.4, 0.5) is 4.79 Å². The number of amides is 3. The molecule has 2 fully saturated rings. The summed E-state index contributed by atoms with van der Waals surface area (Å²) in [6, 6.07) is -0.0981. The lowest BCUT2D eigenvalue weighted by atomic mass is 9.95. The van der Waals surface area contributed by atoms with Crippen molar-refractivity contribution in [3.05, 3.63) is 0 Å². The second kappa shape index (κ2) is 9.74. The Hall–Kier alpha value is -1.64. The summed E-state index contributed by atoms with van der Waals surface area (Å²) in [5, 5.41) is 9.36. The third-order valence-corrected chi connectivity index (χ3v) is 6.24. The maximum atomic E-state index is 12.1. The summed E-state index contributed by atoms with van der Waals surface area (Å²) < 4.78 is 12.1. The van der Waals surface area contributed by atoms with Crippen LogP contribution in [0, 0.1) is 0 Å². The van der Waals surface area contributed by atoms with Crippen molar-refractivity contribution in [1.82, 2.24) is 20.9 Å². The molecule has 0 bridgehead atoms. The van der Waals surface area contributed by atoms with E-state index in [0.717, 1.165) is 32.2 Å². The van der Waals surface area contributed by atoms with Crippen LogP contribution in [0.2, 0.25) is 0 Å². The molecule has 0 radical (unpaired) electrons. The number of nitrogens with one attached hydrogen (secondary N) is 3. The van der Waals surface area contributed by atoms with Crippen LogP contribution in [0.3, 0.4) is 0 Å². The van der Waals surface area contributed by atoms with Gasteiger partial charge < -0.3 is 16.0 Å². The molecule has 0 aromatic heterocycles. The second-order valence-electron chi connectivity index (χ2n) is 6.26. The molecule has 3 unspecified atom stereocenters. The Morgan fingerprint density at radius 1 is 1.36 bits per heavy atom. The van der Waals surface area contributed by atoms with Crippen LogP contribution < -0.4 is 16.0 Å². The van der Waals surface area contributed by atoms with Gasteiger partial charge >= 0.3 is 6.03 Å². The average molecular weight is 372 g/mol. The molecule has 8 nitrogen and oxygen atoms in total. The van der Waals surface area contributed by atoms with Crippen molar-refractivity contribution in [1.29, 1.82) is 0 Å². The Labute approximate surface area is 151 Å². The number of hydrogen-bond donors (Lipinski definition) is 3. The lowest BCUT2D eigenvalue weighted by Crippen LogP contribution is -2.47. The quantitative estimate of drug-likeness (QED) is 0.336. The fourth-order valence-electron chi connectivity index (χ4n) is 3.21. The molecule has 1 saturated carbocycles. The number of guanidine groups is 1. The van der Waals surface area contributed by atoms with Crippen LogP contribution in [0.25, 0.3) is 0 Å². The minimum atomic E-state index is -0.757. The van der Waals surface area contributed by atoms with Gasteiger partial charge in [0.2, 0.25) is 5.91 Å². The van der Waals surface area contributed by atoms with Crippen molar-refractivity contribution < 1.29 is 13.8 Å². The highest BCUT2D eigenvalue weighted by molar-refractivity contribution is 7.85. The van der Waals surface area contributed by atoms with Gasteiger partial charge in [-0.1, -0.05) is 13.3 Å². The summed E-state index contributed by atoms with van der Waals surface area (Å²) in [5.74, 6) is 1.18. The zero-order chi connectivity index (χ0) is 18.2. The van der Waals surface area contributed by atoms with Crippen LogP contribution in [-0.2, 0) is 15.6 Å². The van der Waals surface area contributed by atoms with Gasteiger partial charge in [0.15, 0.2) is 5.96 Å². The van der Waals surface area contributed by atoms with Gasteiger partial charge in [0.25, 0.3) is 0 Å². The fourth-order valence-corrected chi connectivity index (χ4v) is 4.56. The van der Waals surface area contributed by atoms with E-state index in [4.69, 9.17) is 0 Å². The van der Waals surface area contributed by atoms with Gasteiger partial charge in [0.05, 0.1) is 19.6 Å². The van der Waals surface area contributed by atoms with Crippen LogP contribution in [-0.4, -0.2) is 70.2 Å². The SMILES string of the molecule is CCNC(=NCCN1C(=O)CNC1=O)NC1CCCC(S(=O)CC)C1. The Kier molecular flexibility index (Phi) is 7.67. The average Bonchev–Trinajstić information content (AvgIpc) is 2.93. The van der Waals surface area contributed by atoms with Crippen molar-refractivity contribution >= 4 is 28.7 Å².